The summed E-state index contributed by atoms with van der Waals surface area (Å²) in [5, 5.41) is 12.2. The highest BCUT2D eigenvalue weighted by Crippen LogP contribution is 2.46. The summed E-state index contributed by atoms with van der Waals surface area (Å²) in [4.78, 5) is 13.5. The van der Waals surface area contributed by atoms with Crippen molar-refractivity contribution in [2.45, 2.75) is 218 Å². The highest BCUT2D eigenvalue weighted by Gasteiger charge is 2.53. The predicted octanol–water partition coefficient (Wildman–Crippen LogP) is 11.7. The number of esters is 1. The molecule has 3 aliphatic rings. The van der Waals surface area contributed by atoms with Crippen LogP contribution in [0.4, 0.5) is 0 Å². The molecule has 6 rings (SSSR count). The quantitative estimate of drug-likeness (QED) is 0.0588. The number of methoxy groups -OCH3 is 1. The number of hydrogen-bond donors (Lipinski definition) is 1. The summed E-state index contributed by atoms with van der Waals surface area (Å²) in [6, 6.07) is 28.4. The Morgan fingerprint density at radius 2 is 1.38 bits per heavy atom. The number of fused-ring (bicyclic) bond motifs is 1. The molecule has 3 aromatic rings. The van der Waals surface area contributed by atoms with Gasteiger partial charge in [0.1, 0.15) is 24.6 Å². The van der Waals surface area contributed by atoms with Crippen molar-refractivity contribution in [1.29, 1.82) is 0 Å². The first-order valence-corrected chi connectivity index (χ1v) is 28.1. The molecular weight excluding hydrogens is 889 g/mol. The smallest absolute Gasteiger partial charge is 0.311 e. The van der Waals surface area contributed by atoms with Crippen LogP contribution in [0.25, 0.3) is 0 Å². The minimum Gasteiger partial charge on any atom is -0.497 e. The Bertz CT molecular complexity index is 1930. The standard InChI is InChI=1S/C57H86O11Si/c1-39(2)69(40(3)4,41(5)6)68-48-25-18-26-53(63-37-44-27-29-45(60-11)30-28-44)57(10,67-52(48)38-64-55(59)56(7,8)9)34-51-47(58)33-50-54(66-51)49(62-36-43-22-16-13-17-23-43)32-46(65-50)24-19-31-61-35-42-20-14-12-15-21-42/h12-17,20-23,27-30,39-41,46-54,58H,18-19,24-26,31-38H2,1-11H3/t46-,47+,48-,49+,50-,51-,52-,53-,54+,57+/m1/s1. The van der Waals surface area contributed by atoms with Gasteiger partial charge in [-0.2, -0.15) is 0 Å². The van der Waals surface area contributed by atoms with Crippen LogP contribution in [0.1, 0.15) is 137 Å². The summed E-state index contributed by atoms with van der Waals surface area (Å²) in [6.45, 7) is 23.5. The van der Waals surface area contributed by atoms with Crippen LogP contribution in [0, 0.1) is 5.41 Å². The third-order valence-corrected chi connectivity index (χ3v) is 20.9. The zero-order valence-corrected chi connectivity index (χ0v) is 44.7. The molecule has 0 amide bonds. The van der Waals surface area contributed by atoms with Gasteiger partial charge in [-0.1, -0.05) is 114 Å². The number of hydrogen-bond acceptors (Lipinski definition) is 11. The second kappa shape index (κ2) is 25.5. The average Bonchev–Trinajstić information content (AvgIpc) is 3.31. The van der Waals surface area contributed by atoms with E-state index in [2.05, 4.69) is 72.7 Å². The lowest BCUT2D eigenvalue weighted by Gasteiger charge is -2.51. The van der Waals surface area contributed by atoms with E-state index in [1.54, 1.807) is 7.11 Å². The van der Waals surface area contributed by atoms with Crippen LogP contribution < -0.4 is 4.74 Å². The van der Waals surface area contributed by atoms with Gasteiger partial charge in [0.15, 0.2) is 0 Å². The Kier molecular flexibility index (Phi) is 20.4. The Labute approximate surface area is 415 Å². The van der Waals surface area contributed by atoms with Gasteiger partial charge >= 0.3 is 5.97 Å². The molecule has 12 heteroatoms. The molecule has 0 aliphatic carbocycles. The van der Waals surface area contributed by atoms with Crippen LogP contribution in [-0.4, -0.2) is 100 Å². The first kappa shape index (κ1) is 55.1. The molecule has 10 atom stereocenters. The van der Waals surface area contributed by atoms with Crippen molar-refractivity contribution >= 4 is 14.3 Å². The molecule has 0 unspecified atom stereocenters. The molecule has 3 heterocycles. The molecule has 3 aliphatic heterocycles. The largest absolute Gasteiger partial charge is 0.497 e. The van der Waals surface area contributed by atoms with Crippen LogP contribution >= 0.6 is 0 Å². The van der Waals surface area contributed by atoms with Gasteiger partial charge in [0, 0.05) is 25.9 Å². The van der Waals surface area contributed by atoms with Crippen molar-refractivity contribution in [1.82, 2.24) is 0 Å². The number of carbonyl (C=O) groups excluding carboxylic acids is 1. The van der Waals surface area contributed by atoms with Gasteiger partial charge in [-0.25, -0.2) is 0 Å². The molecule has 11 nitrogen and oxygen atoms in total. The Morgan fingerprint density at radius 3 is 1.99 bits per heavy atom. The maximum absolute atomic E-state index is 13.5. The van der Waals surface area contributed by atoms with Crippen molar-refractivity contribution in [2.75, 3.05) is 20.3 Å². The normalized spacial score (nSPS) is 28.0. The van der Waals surface area contributed by atoms with Gasteiger partial charge in [-0.15, -0.1) is 0 Å². The minimum absolute atomic E-state index is 0.0288. The number of aliphatic hydroxyl groups excluding tert-OH is 1. The predicted molar refractivity (Wildman–Crippen MR) is 273 cm³/mol. The van der Waals surface area contributed by atoms with Crippen LogP contribution in [0.3, 0.4) is 0 Å². The molecule has 0 aromatic heterocycles. The number of carbonyl (C=O) groups is 1. The summed E-state index contributed by atoms with van der Waals surface area (Å²) in [6.07, 6.45) is 1.27. The van der Waals surface area contributed by atoms with E-state index in [0.717, 1.165) is 48.1 Å². The van der Waals surface area contributed by atoms with Crippen molar-refractivity contribution in [3.05, 3.63) is 102 Å². The highest BCUT2D eigenvalue weighted by atomic mass is 28.4. The molecule has 3 aromatic carbocycles. The van der Waals surface area contributed by atoms with E-state index in [4.69, 9.17) is 42.3 Å². The second-order valence-corrected chi connectivity index (χ2v) is 27.5. The lowest BCUT2D eigenvalue weighted by Crippen LogP contribution is -2.61. The molecule has 1 N–H and O–H groups in total. The van der Waals surface area contributed by atoms with E-state index in [0.29, 0.717) is 68.7 Å². The van der Waals surface area contributed by atoms with Crippen LogP contribution in [0.15, 0.2) is 84.9 Å². The molecule has 0 saturated carbocycles. The third kappa shape index (κ3) is 15.0. The van der Waals surface area contributed by atoms with E-state index >= 15 is 0 Å². The SMILES string of the molecule is COc1ccc(CO[C@@H]2CCC[C@@H](O[Si](C(C)C)(C(C)C)C(C)C)[C@@H](COC(=O)C(C)(C)C)O[C@@]2(C)C[C@H]2O[C@H]3[C@@H](OCc4ccccc4)C[C@@H](CCCOCc4ccccc4)O[C@@H]3C[C@@H]2O)cc1. The summed E-state index contributed by atoms with van der Waals surface area (Å²) in [7, 11) is -0.765. The molecule has 3 fully saturated rings. The van der Waals surface area contributed by atoms with Crippen molar-refractivity contribution in [3.63, 3.8) is 0 Å². The van der Waals surface area contributed by atoms with E-state index in [-0.39, 0.29) is 37.0 Å². The summed E-state index contributed by atoms with van der Waals surface area (Å²) < 4.78 is 60.4. The van der Waals surface area contributed by atoms with Gasteiger partial charge in [0.2, 0.25) is 8.32 Å². The van der Waals surface area contributed by atoms with Gasteiger partial charge in [0.25, 0.3) is 0 Å². The van der Waals surface area contributed by atoms with E-state index < -0.39 is 49.9 Å². The number of ether oxygens (including phenoxy) is 8. The monoisotopic (exact) mass is 975 g/mol. The van der Waals surface area contributed by atoms with Gasteiger partial charge in [-0.05, 0) is 105 Å². The minimum atomic E-state index is -2.43. The Balaban J connectivity index is 1.27. The summed E-state index contributed by atoms with van der Waals surface area (Å²) in [5.74, 6) is 0.481. The van der Waals surface area contributed by atoms with Gasteiger partial charge in [-0.3, -0.25) is 4.79 Å². The zero-order valence-electron chi connectivity index (χ0n) is 43.7. The van der Waals surface area contributed by atoms with E-state index in [1.807, 2.05) is 81.4 Å². The fourth-order valence-electron chi connectivity index (χ4n) is 11.1. The molecule has 3 saturated heterocycles. The van der Waals surface area contributed by atoms with Crippen LogP contribution in [0.5, 0.6) is 5.75 Å². The highest BCUT2D eigenvalue weighted by molar-refractivity contribution is 6.77. The lowest BCUT2D eigenvalue weighted by molar-refractivity contribution is -0.279. The topological polar surface area (TPSA) is 120 Å². The van der Waals surface area contributed by atoms with Gasteiger partial charge in [0.05, 0.1) is 80.7 Å². The number of benzene rings is 3. The first-order chi connectivity index (χ1) is 32.9. The van der Waals surface area contributed by atoms with Crippen LogP contribution in [0.2, 0.25) is 16.6 Å². The summed E-state index contributed by atoms with van der Waals surface area (Å²) >= 11 is 0. The van der Waals surface area contributed by atoms with E-state index in [9.17, 15) is 9.90 Å². The van der Waals surface area contributed by atoms with Crippen molar-refractivity contribution < 1.29 is 52.2 Å². The zero-order chi connectivity index (χ0) is 49.8. The number of aliphatic hydroxyl groups is 1. The molecular formula is C57H86O11Si. The fourth-order valence-corrected chi connectivity index (χ4v) is 16.7. The second-order valence-electron chi connectivity index (χ2n) is 22.1. The van der Waals surface area contributed by atoms with Gasteiger partial charge < -0.3 is 47.4 Å². The van der Waals surface area contributed by atoms with Crippen molar-refractivity contribution in [2.24, 2.45) is 5.41 Å². The molecule has 0 radical (unpaired) electrons. The Hall–Kier alpha value is -3.17. The van der Waals surface area contributed by atoms with Crippen LogP contribution in [-0.2, 0) is 62.2 Å². The number of rotatable bonds is 22. The average molecular weight is 975 g/mol. The molecule has 69 heavy (non-hydrogen) atoms. The Morgan fingerprint density at radius 1 is 0.768 bits per heavy atom. The first-order valence-electron chi connectivity index (χ1n) is 25.9. The molecule has 0 bridgehead atoms. The lowest BCUT2D eigenvalue weighted by atomic mass is 9.81. The summed E-state index contributed by atoms with van der Waals surface area (Å²) in [5.41, 5.74) is 2.55. The maximum atomic E-state index is 13.5. The third-order valence-electron chi connectivity index (χ3n) is 14.8. The maximum Gasteiger partial charge on any atom is 0.311 e. The molecule has 384 valence electrons. The van der Waals surface area contributed by atoms with Crippen molar-refractivity contribution in [3.8, 4) is 5.75 Å². The van der Waals surface area contributed by atoms with E-state index in [1.165, 1.54) is 0 Å². The molecule has 0 spiro atoms. The fraction of sp³-hybridized carbons (Fsp3) is 0.667.